The maximum Gasteiger partial charge on any atom is 0.317 e. The molecule has 2 aromatic carbocycles. The lowest BCUT2D eigenvalue weighted by Gasteiger charge is -2.33. The van der Waals surface area contributed by atoms with Gasteiger partial charge < -0.3 is 14.6 Å². The van der Waals surface area contributed by atoms with Crippen LogP contribution in [0, 0.1) is 0 Å². The summed E-state index contributed by atoms with van der Waals surface area (Å²) in [4.78, 5) is 20.1. The Morgan fingerprint density at radius 3 is 2.50 bits per heavy atom. The Balaban J connectivity index is 1.38. The quantitative estimate of drug-likeness (QED) is 0.460. The van der Waals surface area contributed by atoms with Crippen molar-refractivity contribution in [3.05, 3.63) is 96.4 Å². The molecule has 32 heavy (non-hydrogen) atoms. The van der Waals surface area contributed by atoms with Crippen LogP contribution in [0.1, 0.15) is 43.1 Å². The zero-order chi connectivity index (χ0) is 21.9. The monoisotopic (exact) mass is 424 g/mol. The molecule has 1 N–H and O–H groups in total. The number of rotatable bonds is 4. The predicted octanol–water partition coefficient (Wildman–Crippen LogP) is 5.65. The summed E-state index contributed by atoms with van der Waals surface area (Å²) in [5.74, 6) is 1.24. The molecule has 0 radical (unpaired) electrons. The number of carbonyl (C=O) groups excluding carboxylic acids is 1. The van der Waals surface area contributed by atoms with Crippen LogP contribution in [0.2, 0.25) is 0 Å². The molecular formula is C27H28N4O. The highest BCUT2D eigenvalue weighted by Crippen LogP contribution is 2.32. The first kappa shape index (κ1) is 20.3. The van der Waals surface area contributed by atoms with E-state index in [0.29, 0.717) is 6.54 Å². The minimum atomic E-state index is -0.0268. The number of amides is 2. The van der Waals surface area contributed by atoms with Gasteiger partial charge in [0.05, 0.1) is 17.3 Å². The molecule has 162 valence electrons. The average molecular weight is 425 g/mol. The summed E-state index contributed by atoms with van der Waals surface area (Å²) in [6, 6.07) is 26.6. The molecule has 0 saturated carbocycles. The Kier molecular flexibility index (Phi) is 5.63. The van der Waals surface area contributed by atoms with Crippen molar-refractivity contribution in [2.45, 2.75) is 31.7 Å². The topological polar surface area (TPSA) is 49.6 Å². The van der Waals surface area contributed by atoms with Crippen LogP contribution in [-0.2, 0) is 0 Å². The largest absolute Gasteiger partial charge is 0.331 e. The van der Waals surface area contributed by atoms with E-state index in [1.807, 2.05) is 66.4 Å². The molecule has 2 unspecified atom stereocenters. The molecule has 2 atom stereocenters. The molecule has 1 saturated heterocycles. The number of hydrogen-bond donors (Lipinski definition) is 1. The number of imidazole rings is 1. The van der Waals surface area contributed by atoms with Gasteiger partial charge in [0.1, 0.15) is 5.82 Å². The number of piperidine rings is 1. The number of nitrogens with one attached hydrogen (secondary N) is 1. The average Bonchev–Trinajstić information content (AvgIpc) is 3.25. The van der Waals surface area contributed by atoms with Gasteiger partial charge in [0.25, 0.3) is 0 Å². The first-order valence-electron chi connectivity index (χ1n) is 11.3. The molecular weight excluding hydrogens is 396 g/mol. The van der Waals surface area contributed by atoms with Crippen molar-refractivity contribution in [3.8, 4) is 11.3 Å². The normalized spacial score (nSPS) is 17.3. The van der Waals surface area contributed by atoms with Gasteiger partial charge in [-0.05, 0) is 37.5 Å². The molecule has 3 heterocycles. The van der Waals surface area contributed by atoms with Gasteiger partial charge in [0.2, 0.25) is 0 Å². The number of pyridine rings is 1. The molecule has 5 rings (SSSR count). The van der Waals surface area contributed by atoms with E-state index in [-0.39, 0.29) is 18.0 Å². The van der Waals surface area contributed by atoms with Crippen LogP contribution in [0.3, 0.4) is 0 Å². The predicted molar refractivity (Wildman–Crippen MR) is 128 cm³/mol. The molecule has 2 amide bonds. The fourth-order valence-electron chi connectivity index (χ4n) is 4.63. The summed E-state index contributed by atoms with van der Waals surface area (Å²) >= 11 is 0. The van der Waals surface area contributed by atoms with Gasteiger partial charge in [-0.3, -0.25) is 0 Å². The number of fused-ring (bicyclic) bond motifs is 1. The lowest BCUT2D eigenvalue weighted by molar-refractivity contribution is 0.175. The molecule has 0 bridgehead atoms. The molecule has 5 nitrogen and oxygen atoms in total. The van der Waals surface area contributed by atoms with Crippen LogP contribution in [0.5, 0.6) is 0 Å². The number of urea groups is 1. The van der Waals surface area contributed by atoms with E-state index in [4.69, 9.17) is 4.98 Å². The number of aromatic nitrogens is 2. The molecule has 0 spiro atoms. The second kappa shape index (κ2) is 8.87. The van der Waals surface area contributed by atoms with Gasteiger partial charge in [0, 0.05) is 30.8 Å². The van der Waals surface area contributed by atoms with Crippen LogP contribution < -0.4 is 5.32 Å². The number of hydrogen-bond acceptors (Lipinski definition) is 2. The third-order valence-corrected chi connectivity index (χ3v) is 6.34. The van der Waals surface area contributed by atoms with E-state index in [1.54, 1.807) is 0 Å². The fourth-order valence-corrected chi connectivity index (χ4v) is 4.63. The van der Waals surface area contributed by atoms with Crippen molar-refractivity contribution >= 4 is 11.5 Å². The second-order valence-corrected chi connectivity index (χ2v) is 8.51. The summed E-state index contributed by atoms with van der Waals surface area (Å²) in [5.41, 5.74) is 4.33. The van der Waals surface area contributed by atoms with Crippen molar-refractivity contribution in [1.82, 2.24) is 19.6 Å². The molecule has 1 fully saturated rings. The Morgan fingerprint density at radius 2 is 1.72 bits per heavy atom. The highest BCUT2D eigenvalue weighted by molar-refractivity contribution is 5.78. The van der Waals surface area contributed by atoms with Crippen LogP contribution in [0.4, 0.5) is 4.79 Å². The summed E-state index contributed by atoms with van der Waals surface area (Å²) < 4.78 is 2.20. The highest BCUT2D eigenvalue weighted by atomic mass is 16.2. The molecule has 4 aromatic rings. The molecule has 5 heteroatoms. The number of nitrogens with zero attached hydrogens (tertiary/aromatic N) is 3. The first-order valence-corrected chi connectivity index (χ1v) is 11.3. The smallest absolute Gasteiger partial charge is 0.317 e. The van der Waals surface area contributed by atoms with Gasteiger partial charge in [-0.2, -0.15) is 0 Å². The fraction of sp³-hybridized carbons (Fsp3) is 0.259. The van der Waals surface area contributed by atoms with Crippen LogP contribution in [-0.4, -0.2) is 33.4 Å². The molecule has 2 aromatic heterocycles. The lowest BCUT2D eigenvalue weighted by atomic mass is 9.97. The Bertz CT molecular complexity index is 1200. The van der Waals surface area contributed by atoms with E-state index in [0.717, 1.165) is 47.5 Å². The van der Waals surface area contributed by atoms with E-state index in [9.17, 15) is 4.79 Å². The van der Waals surface area contributed by atoms with Crippen molar-refractivity contribution in [2.24, 2.45) is 0 Å². The van der Waals surface area contributed by atoms with Crippen LogP contribution in [0.15, 0.2) is 85.1 Å². The Hall–Kier alpha value is -3.60. The summed E-state index contributed by atoms with van der Waals surface area (Å²) in [7, 11) is 0. The second-order valence-electron chi connectivity index (χ2n) is 8.51. The standard InChI is InChI=1S/C27H28N4O/c1-20(21-11-4-2-5-12-21)28-27(32)30-17-10-15-23(19-30)26-29-25(22-13-6-3-7-14-22)24-16-8-9-18-31(24)26/h2-9,11-14,16,18,20,23H,10,15,17,19H2,1H3,(H,28,32). The third-order valence-electron chi connectivity index (χ3n) is 6.34. The first-order chi connectivity index (χ1) is 15.7. The van der Waals surface area contributed by atoms with Gasteiger partial charge in [-0.1, -0.05) is 66.7 Å². The van der Waals surface area contributed by atoms with Gasteiger partial charge in [0.15, 0.2) is 0 Å². The number of benzene rings is 2. The molecule has 1 aliphatic rings. The Morgan fingerprint density at radius 1 is 1.00 bits per heavy atom. The van der Waals surface area contributed by atoms with Crippen LogP contribution >= 0.6 is 0 Å². The van der Waals surface area contributed by atoms with Gasteiger partial charge >= 0.3 is 6.03 Å². The number of carbonyl (C=O) groups is 1. The minimum Gasteiger partial charge on any atom is -0.331 e. The number of likely N-dealkylation sites (tertiary alicyclic amines) is 1. The van der Waals surface area contributed by atoms with E-state index < -0.39 is 0 Å². The zero-order valence-corrected chi connectivity index (χ0v) is 18.3. The molecule has 0 aliphatic carbocycles. The van der Waals surface area contributed by atoms with Crippen molar-refractivity contribution in [1.29, 1.82) is 0 Å². The lowest BCUT2D eigenvalue weighted by Crippen LogP contribution is -2.45. The van der Waals surface area contributed by atoms with Gasteiger partial charge in [-0.25, -0.2) is 9.78 Å². The minimum absolute atomic E-state index is 0.00445. The summed E-state index contributed by atoms with van der Waals surface area (Å²) in [6.07, 6.45) is 4.08. The third kappa shape index (κ3) is 3.98. The molecule has 1 aliphatic heterocycles. The van der Waals surface area contributed by atoms with Crippen molar-refractivity contribution < 1.29 is 4.79 Å². The highest BCUT2D eigenvalue weighted by Gasteiger charge is 2.29. The van der Waals surface area contributed by atoms with Crippen molar-refractivity contribution in [3.63, 3.8) is 0 Å². The van der Waals surface area contributed by atoms with Crippen molar-refractivity contribution in [2.75, 3.05) is 13.1 Å². The SMILES string of the molecule is CC(NC(=O)N1CCCC(c2nc(-c3ccccc3)c3ccccn23)C1)c1ccccc1. The maximum atomic E-state index is 13.0. The summed E-state index contributed by atoms with van der Waals surface area (Å²) in [6.45, 7) is 3.48. The summed E-state index contributed by atoms with van der Waals surface area (Å²) in [5, 5.41) is 3.17. The Labute approximate surface area is 188 Å². The zero-order valence-electron chi connectivity index (χ0n) is 18.3. The van der Waals surface area contributed by atoms with E-state index in [1.165, 1.54) is 0 Å². The van der Waals surface area contributed by atoms with Gasteiger partial charge in [-0.15, -0.1) is 0 Å². The van der Waals surface area contributed by atoms with E-state index in [2.05, 4.69) is 40.2 Å². The van der Waals surface area contributed by atoms with Crippen LogP contribution in [0.25, 0.3) is 16.8 Å². The van der Waals surface area contributed by atoms with E-state index >= 15 is 0 Å². The maximum absolute atomic E-state index is 13.0.